The lowest BCUT2D eigenvalue weighted by Crippen LogP contribution is -1.85. The number of rotatable bonds is 1. The third-order valence-electron chi connectivity index (χ3n) is 1.87. The van der Waals surface area contributed by atoms with Gasteiger partial charge in [0.05, 0.1) is 6.20 Å². The van der Waals surface area contributed by atoms with E-state index in [1.165, 1.54) is 6.26 Å². The zero-order chi connectivity index (χ0) is 9.38. The molecular formula is C9H5N3OS. The van der Waals surface area contributed by atoms with Gasteiger partial charge in [0, 0.05) is 6.07 Å². The van der Waals surface area contributed by atoms with Crippen molar-refractivity contribution in [1.82, 2.24) is 15.1 Å². The fourth-order valence-electron chi connectivity index (χ4n) is 1.22. The molecule has 0 aromatic carbocycles. The Morgan fingerprint density at radius 3 is 3.07 bits per heavy atom. The van der Waals surface area contributed by atoms with Crippen molar-refractivity contribution in [3.63, 3.8) is 0 Å². The van der Waals surface area contributed by atoms with Crippen molar-refractivity contribution in [2.75, 3.05) is 0 Å². The highest BCUT2D eigenvalue weighted by Crippen LogP contribution is 2.20. The molecule has 0 bridgehead atoms. The second-order valence-corrected chi connectivity index (χ2v) is 3.65. The molecule has 0 aliphatic heterocycles. The zero-order valence-corrected chi connectivity index (χ0v) is 7.86. The number of nitrogens with zero attached hydrogens (tertiary/aromatic N) is 3. The molecule has 5 heteroatoms. The number of aromatic nitrogens is 3. The lowest BCUT2D eigenvalue weighted by molar-refractivity contribution is 0.422. The predicted molar refractivity (Wildman–Crippen MR) is 52.9 cm³/mol. The van der Waals surface area contributed by atoms with Gasteiger partial charge in [-0.05, 0) is 11.4 Å². The Balaban J connectivity index is 2.23. The molecule has 0 amide bonds. The van der Waals surface area contributed by atoms with Gasteiger partial charge in [-0.15, -0.1) is 11.3 Å². The second-order valence-electron chi connectivity index (χ2n) is 2.75. The second kappa shape index (κ2) is 2.88. The normalized spacial score (nSPS) is 10.9. The molecule has 4 nitrogen and oxygen atoms in total. The van der Waals surface area contributed by atoms with Gasteiger partial charge in [-0.1, -0.05) is 5.16 Å². The van der Waals surface area contributed by atoms with E-state index in [0.717, 1.165) is 16.0 Å². The largest absolute Gasteiger partial charge is 0.364 e. The molecule has 0 fully saturated rings. The molecule has 0 aliphatic rings. The Hall–Kier alpha value is -1.75. The molecule has 0 saturated heterocycles. The molecule has 0 spiro atoms. The van der Waals surface area contributed by atoms with Gasteiger partial charge in [0.15, 0.2) is 0 Å². The average molecular weight is 203 g/mol. The Morgan fingerprint density at radius 2 is 2.21 bits per heavy atom. The van der Waals surface area contributed by atoms with Gasteiger partial charge < -0.3 is 4.52 Å². The first-order valence-electron chi connectivity index (χ1n) is 4.04. The van der Waals surface area contributed by atoms with Crippen LogP contribution >= 0.6 is 11.3 Å². The van der Waals surface area contributed by atoms with E-state index in [-0.39, 0.29) is 0 Å². The smallest absolute Gasteiger partial charge is 0.141 e. The van der Waals surface area contributed by atoms with Gasteiger partial charge in [-0.25, -0.2) is 9.97 Å². The quantitative estimate of drug-likeness (QED) is 0.609. The summed E-state index contributed by atoms with van der Waals surface area (Å²) in [4.78, 5) is 9.62. The number of hydrogen-bond donors (Lipinski definition) is 0. The maximum Gasteiger partial charge on any atom is 0.141 e. The molecule has 3 rings (SSSR count). The third kappa shape index (κ3) is 1.10. The first-order chi connectivity index (χ1) is 6.93. The fraction of sp³-hybridized carbons (Fsp3) is 0. The monoisotopic (exact) mass is 203 g/mol. The van der Waals surface area contributed by atoms with Crippen LogP contribution < -0.4 is 0 Å². The van der Waals surface area contributed by atoms with Crippen molar-refractivity contribution in [3.05, 3.63) is 30.0 Å². The number of fused-ring (bicyclic) bond motifs is 1. The van der Waals surface area contributed by atoms with Gasteiger partial charge >= 0.3 is 0 Å². The van der Waals surface area contributed by atoms with Crippen LogP contribution in [-0.4, -0.2) is 15.1 Å². The van der Waals surface area contributed by atoms with Crippen LogP contribution in [0.25, 0.3) is 21.7 Å². The number of hydrogen-bond acceptors (Lipinski definition) is 5. The van der Waals surface area contributed by atoms with E-state index in [9.17, 15) is 0 Å². The van der Waals surface area contributed by atoms with Gasteiger partial charge in [0.2, 0.25) is 0 Å². The summed E-state index contributed by atoms with van der Waals surface area (Å²) in [5.74, 6) is 0. The van der Waals surface area contributed by atoms with Crippen molar-refractivity contribution < 1.29 is 4.52 Å². The van der Waals surface area contributed by atoms with E-state index >= 15 is 0 Å². The minimum absolute atomic E-state index is 0.714. The van der Waals surface area contributed by atoms with Crippen molar-refractivity contribution >= 4 is 21.7 Å². The molecule has 3 aromatic rings. The van der Waals surface area contributed by atoms with Crippen LogP contribution in [0.5, 0.6) is 0 Å². The van der Waals surface area contributed by atoms with Crippen molar-refractivity contribution in [1.29, 1.82) is 0 Å². The summed E-state index contributed by atoms with van der Waals surface area (Å²) < 4.78 is 4.75. The Morgan fingerprint density at radius 1 is 1.21 bits per heavy atom. The van der Waals surface area contributed by atoms with Crippen LogP contribution in [0.1, 0.15) is 0 Å². The van der Waals surface area contributed by atoms with Gasteiger partial charge in [-0.3, -0.25) is 0 Å². The molecular weight excluding hydrogens is 198 g/mol. The molecule has 3 aromatic heterocycles. The van der Waals surface area contributed by atoms with E-state index in [1.54, 1.807) is 23.6 Å². The predicted octanol–water partition coefficient (Wildman–Crippen LogP) is 2.35. The molecule has 0 aliphatic carbocycles. The summed E-state index contributed by atoms with van der Waals surface area (Å²) >= 11 is 1.58. The Kier molecular flexibility index (Phi) is 1.57. The molecule has 68 valence electrons. The van der Waals surface area contributed by atoms with Crippen LogP contribution in [0.4, 0.5) is 0 Å². The first kappa shape index (κ1) is 7.64. The van der Waals surface area contributed by atoms with E-state index in [2.05, 4.69) is 15.1 Å². The highest BCUT2D eigenvalue weighted by atomic mass is 32.1. The van der Waals surface area contributed by atoms with Gasteiger partial charge in [0.25, 0.3) is 0 Å². The highest BCUT2D eigenvalue weighted by Gasteiger charge is 2.05. The topological polar surface area (TPSA) is 51.8 Å². The lowest BCUT2D eigenvalue weighted by atomic mass is 10.3. The molecule has 14 heavy (non-hydrogen) atoms. The van der Waals surface area contributed by atoms with Crippen LogP contribution in [0.2, 0.25) is 0 Å². The summed E-state index contributed by atoms with van der Waals surface area (Å²) in [5.41, 5.74) is 2.35. The first-order valence-corrected chi connectivity index (χ1v) is 4.92. The molecule has 0 radical (unpaired) electrons. The summed E-state index contributed by atoms with van der Waals surface area (Å²) in [6.45, 7) is 0. The highest BCUT2D eigenvalue weighted by molar-refractivity contribution is 7.16. The van der Waals surface area contributed by atoms with Crippen molar-refractivity contribution in [2.24, 2.45) is 0 Å². The molecule has 0 unspecified atom stereocenters. The van der Waals surface area contributed by atoms with Crippen molar-refractivity contribution in [2.45, 2.75) is 0 Å². The van der Waals surface area contributed by atoms with Crippen LogP contribution in [0.15, 0.2) is 34.5 Å². The number of thiophene rings is 1. The Labute approximate surface area is 83.2 Å². The molecule has 0 N–H and O–H groups in total. The summed E-state index contributed by atoms with van der Waals surface area (Å²) in [6.07, 6.45) is 3.23. The van der Waals surface area contributed by atoms with E-state index in [4.69, 9.17) is 4.52 Å². The lowest BCUT2D eigenvalue weighted by Gasteiger charge is -1.93. The van der Waals surface area contributed by atoms with Crippen LogP contribution in [0, 0.1) is 0 Å². The van der Waals surface area contributed by atoms with E-state index in [0.29, 0.717) is 5.69 Å². The summed E-state index contributed by atoms with van der Waals surface area (Å²) in [7, 11) is 0. The maximum atomic E-state index is 4.75. The summed E-state index contributed by atoms with van der Waals surface area (Å²) in [5, 5.41) is 5.77. The minimum atomic E-state index is 0.714. The summed E-state index contributed by atoms with van der Waals surface area (Å²) in [6, 6.07) is 3.71. The van der Waals surface area contributed by atoms with Crippen molar-refractivity contribution in [3.8, 4) is 11.4 Å². The van der Waals surface area contributed by atoms with Crippen LogP contribution in [0.3, 0.4) is 0 Å². The minimum Gasteiger partial charge on any atom is -0.364 e. The fourth-order valence-corrected chi connectivity index (χ4v) is 1.90. The SMILES string of the molecule is c1cc(-c2cnc3sccc3n2)no1. The van der Waals surface area contributed by atoms with Crippen LogP contribution in [-0.2, 0) is 0 Å². The molecule has 0 atom stereocenters. The van der Waals surface area contributed by atoms with E-state index in [1.807, 2.05) is 11.4 Å². The van der Waals surface area contributed by atoms with E-state index < -0.39 is 0 Å². The molecule has 0 saturated carbocycles. The average Bonchev–Trinajstić information content (AvgIpc) is 2.88. The Bertz CT molecular complexity index is 558. The maximum absolute atomic E-state index is 4.75. The molecule has 3 heterocycles. The van der Waals surface area contributed by atoms with Gasteiger partial charge in [0.1, 0.15) is 28.0 Å². The standard InChI is InChI=1S/C9H5N3OS/c1-3-13-12-6(1)8-5-10-9-7(11-8)2-4-14-9/h1-5H. The third-order valence-corrected chi connectivity index (χ3v) is 2.68. The zero-order valence-electron chi connectivity index (χ0n) is 7.04. The van der Waals surface area contributed by atoms with Gasteiger partial charge in [-0.2, -0.15) is 0 Å².